The van der Waals surface area contributed by atoms with Gasteiger partial charge in [0, 0.05) is 25.8 Å². The first-order valence-electron chi connectivity index (χ1n) is 8.68. The Kier molecular flexibility index (Phi) is 5.15. The summed E-state index contributed by atoms with van der Waals surface area (Å²) in [6.07, 6.45) is 6.01. The van der Waals surface area contributed by atoms with Crippen molar-refractivity contribution >= 4 is 10.0 Å². The minimum Gasteiger partial charge on any atom is -0.508 e. The molecule has 1 N–H and O–H groups in total. The van der Waals surface area contributed by atoms with Gasteiger partial charge in [-0.15, -0.1) is 0 Å². The molecule has 7 heteroatoms. The number of sulfonamides is 1. The van der Waals surface area contributed by atoms with Crippen LogP contribution in [0.1, 0.15) is 36.9 Å². The van der Waals surface area contributed by atoms with E-state index in [0.29, 0.717) is 17.1 Å². The van der Waals surface area contributed by atoms with Crippen LogP contribution in [0.5, 0.6) is 5.75 Å². The van der Waals surface area contributed by atoms with Gasteiger partial charge in [-0.2, -0.15) is 9.40 Å². The number of phenolic OH excluding ortho intramolecular Hbond substituents is 1. The van der Waals surface area contributed by atoms with Crippen molar-refractivity contribution in [3.8, 4) is 5.75 Å². The van der Waals surface area contributed by atoms with Gasteiger partial charge >= 0.3 is 0 Å². The van der Waals surface area contributed by atoms with Gasteiger partial charge in [0.2, 0.25) is 10.0 Å². The molecule has 0 aliphatic carbocycles. The highest BCUT2D eigenvalue weighted by atomic mass is 32.2. The predicted octanol–water partition coefficient (Wildman–Crippen LogP) is 2.61. The van der Waals surface area contributed by atoms with Crippen molar-refractivity contribution in [2.75, 3.05) is 6.54 Å². The number of benzene rings is 1. The third kappa shape index (κ3) is 3.88. The van der Waals surface area contributed by atoms with Gasteiger partial charge in [-0.05, 0) is 50.3 Å². The number of aromatic nitrogens is 2. The van der Waals surface area contributed by atoms with E-state index in [1.54, 1.807) is 41.3 Å². The van der Waals surface area contributed by atoms with Crippen molar-refractivity contribution in [1.82, 2.24) is 14.1 Å². The van der Waals surface area contributed by atoms with Crippen LogP contribution in [0.15, 0.2) is 35.4 Å². The Balaban J connectivity index is 1.78. The Bertz CT molecular complexity index is 828. The largest absolute Gasteiger partial charge is 0.508 e. The summed E-state index contributed by atoms with van der Waals surface area (Å²) in [5, 5.41) is 13.6. The molecule has 0 spiro atoms. The van der Waals surface area contributed by atoms with Crippen LogP contribution in [-0.4, -0.2) is 40.2 Å². The Hall–Kier alpha value is -1.86. The summed E-state index contributed by atoms with van der Waals surface area (Å²) in [6.45, 7) is 2.30. The molecule has 0 radical (unpaired) electrons. The summed E-state index contributed by atoms with van der Waals surface area (Å²) in [6, 6.07) is 7.13. The van der Waals surface area contributed by atoms with Crippen molar-refractivity contribution < 1.29 is 13.5 Å². The maximum absolute atomic E-state index is 13.1. The average molecular weight is 363 g/mol. The first kappa shape index (κ1) is 17.9. The summed E-state index contributed by atoms with van der Waals surface area (Å²) >= 11 is 0. The molecule has 1 aromatic carbocycles. The molecular formula is C18H25N3O3S. The molecule has 25 heavy (non-hydrogen) atoms. The normalized spacial score (nSPS) is 19.2. The van der Waals surface area contributed by atoms with Crippen molar-refractivity contribution in [2.45, 2.75) is 50.0 Å². The van der Waals surface area contributed by atoms with Crippen molar-refractivity contribution in [3.05, 3.63) is 41.7 Å². The van der Waals surface area contributed by atoms with Gasteiger partial charge in [0.25, 0.3) is 0 Å². The highest BCUT2D eigenvalue weighted by molar-refractivity contribution is 7.89. The average Bonchev–Trinajstić information content (AvgIpc) is 2.94. The number of phenols is 1. The molecule has 1 aliphatic rings. The molecule has 1 fully saturated rings. The number of aryl methyl sites for hydroxylation is 3. The molecule has 6 nitrogen and oxygen atoms in total. The summed E-state index contributed by atoms with van der Waals surface area (Å²) in [5.74, 6) is 0.248. The lowest BCUT2D eigenvalue weighted by atomic mass is 9.98. The Morgan fingerprint density at radius 3 is 2.60 bits per heavy atom. The van der Waals surface area contributed by atoms with Crippen LogP contribution in [-0.2, 0) is 23.5 Å². The number of rotatable bonds is 5. The molecule has 3 rings (SSSR count). The Morgan fingerprint density at radius 1 is 1.24 bits per heavy atom. The van der Waals surface area contributed by atoms with Crippen molar-refractivity contribution in [3.63, 3.8) is 0 Å². The number of nitrogens with zero attached hydrogens (tertiary/aromatic N) is 3. The second-order valence-electron chi connectivity index (χ2n) is 6.72. The molecule has 2 aromatic rings. The van der Waals surface area contributed by atoms with E-state index in [1.807, 2.05) is 12.1 Å². The van der Waals surface area contributed by atoms with E-state index in [9.17, 15) is 13.5 Å². The first-order chi connectivity index (χ1) is 11.9. The van der Waals surface area contributed by atoms with Crippen LogP contribution in [0.2, 0.25) is 0 Å². The van der Waals surface area contributed by atoms with Crippen molar-refractivity contribution in [1.29, 1.82) is 0 Å². The molecule has 0 bridgehead atoms. The minimum absolute atomic E-state index is 0.00663. The van der Waals surface area contributed by atoms with E-state index in [4.69, 9.17) is 0 Å². The second kappa shape index (κ2) is 7.17. The smallest absolute Gasteiger partial charge is 0.246 e. The van der Waals surface area contributed by atoms with Gasteiger partial charge in [-0.3, -0.25) is 4.68 Å². The third-order valence-electron chi connectivity index (χ3n) is 4.83. The number of aromatic hydroxyl groups is 1. The van der Waals surface area contributed by atoms with Gasteiger partial charge in [-0.1, -0.05) is 18.6 Å². The van der Waals surface area contributed by atoms with Gasteiger partial charge in [-0.25, -0.2) is 8.42 Å². The third-order valence-corrected chi connectivity index (χ3v) is 6.89. The fraction of sp³-hybridized carbons (Fsp3) is 0.500. The number of hydrogen-bond donors (Lipinski definition) is 1. The van der Waals surface area contributed by atoms with E-state index in [0.717, 1.165) is 37.7 Å². The molecule has 0 amide bonds. The maximum atomic E-state index is 13.1. The highest BCUT2D eigenvalue weighted by Gasteiger charge is 2.35. The molecule has 0 unspecified atom stereocenters. The number of piperidine rings is 1. The second-order valence-corrected chi connectivity index (χ2v) is 8.58. The van der Waals surface area contributed by atoms with Gasteiger partial charge in [0.15, 0.2) is 0 Å². The van der Waals surface area contributed by atoms with Gasteiger partial charge in [0.1, 0.15) is 10.6 Å². The lowest BCUT2D eigenvalue weighted by Gasteiger charge is -2.34. The van der Waals surface area contributed by atoms with Crippen molar-refractivity contribution in [2.24, 2.45) is 7.05 Å². The van der Waals surface area contributed by atoms with Crippen LogP contribution >= 0.6 is 0 Å². The SMILES string of the molecule is Cc1nn(C)cc1S(=O)(=O)N1CCCC[C@@H]1CCc1ccc(O)cc1. The fourth-order valence-corrected chi connectivity index (χ4v) is 5.46. The first-order valence-corrected chi connectivity index (χ1v) is 10.1. The summed E-state index contributed by atoms with van der Waals surface area (Å²) in [5.41, 5.74) is 1.66. The lowest BCUT2D eigenvalue weighted by Crippen LogP contribution is -2.44. The lowest BCUT2D eigenvalue weighted by molar-refractivity contribution is 0.241. The van der Waals surface area contributed by atoms with Crippen LogP contribution in [0.4, 0.5) is 0 Å². The topological polar surface area (TPSA) is 75.4 Å². The van der Waals surface area contributed by atoms with Crippen LogP contribution in [0.3, 0.4) is 0 Å². The standard InChI is InChI=1S/C18H25N3O3S/c1-14-18(13-20(2)19-14)25(23,24)21-12-4-3-5-16(21)9-6-15-7-10-17(22)11-8-15/h7-8,10-11,13,16,22H,3-6,9,12H2,1-2H3/t16-/m1/s1. The molecule has 1 saturated heterocycles. The van der Waals surface area contributed by atoms with E-state index in [2.05, 4.69) is 5.10 Å². The highest BCUT2D eigenvalue weighted by Crippen LogP contribution is 2.29. The Morgan fingerprint density at radius 2 is 1.96 bits per heavy atom. The Labute approximate surface area is 149 Å². The van der Waals surface area contributed by atoms with Crippen LogP contribution in [0, 0.1) is 6.92 Å². The number of hydrogen-bond acceptors (Lipinski definition) is 4. The van der Waals surface area contributed by atoms with Gasteiger partial charge in [0.05, 0.1) is 5.69 Å². The van der Waals surface area contributed by atoms with Crippen LogP contribution < -0.4 is 0 Å². The van der Waals surface area contributed by atoms with Gasteiger partial charge < -0.3 is 5.11 Å². The predicted molar refractivity (Wildman–Crippen MR) is 95.9 cm³/mol. The van der Waals surface area contributed by atoms with E-state index in [-0.39, 0.29) is 11.8 Å². The zero-order valence-electron chi connectivity index (χ0n) is 14.7. The fourth-order valence-electron chi connectivity index (χ4n) is 3.53. The van der Waals surface area contributed by atoms with Crippen LogP contribution in [0.25, 0.3) is 0 Å². The quantitative estimate of drug-likeness (QED) is 0.886. The molecular weight excluding hydrogens is 338 g/mol. The molecule has 1 aromatic heterocycles. The minimum atomic E-state index is -3.52. The molecule has 136 valence electrons. The summed E-state index contributed by atoms with van der Waals surface area (Å²) in [4.78, 5) is 0.312. The van der Waals surface area contributed by atoms with E-state index < -0.39 is 10.0 Å². The summed E-state index contributed by atoms with van der Waals surface area (Å²) < 4.78 is 29.5. The monoisotopic (exact) mass is 363 g/mol. The van der Waals surface area contributed by atoms with E-state index in [1.165, 1.54) is 0 Å². The van der Waals surface area contributed by atoms with E-state index >= 15 is 0 Å². The molecule has 1 aliphatic heterocycles. The zero-order valence-corrected chi connectivity index (χ0v) is 15.5. The molecule has 2 heterocycles. The maximum Gasteiger partial charge on any atom is 0.246 e. The summed E-state index contributed by atoms with van der Waals surface area (Å²) in [7, 11) is -1.78. The zero-order chi connectivity index (χ0) is 18.0. The molecule has 0 saturated carbocycles. The molecule has 1 atom stereocenters.